The number of hydrogen-bond acceptors (Lipinski definition) is 4. The SMILES string of the molecule is Cc1ccc(C(N)=O)cc1Nc1ncc(Cl)c(-c2cccc(-c3ccccc3)c2)n1. The van der Waals surface area contributed by atoms with Gasteiger partial charge in [-0.15, -0.1) is 0 Å². The molecule has 1 amide bonds. The number of aromatic nitrogens is 2. The van der Waals surface area contributed by atoms with Crippen molar-refractivity contribution in [3.05, 3.63) is 95.1 Å². The Morgan fingerprint density at radius 1 is 0.933 bits per heavy atom. The number of amides is 1. The number of benzene rings is 3. The van der Waals surface area contributed by atoms with E-state index in [4.69, 9.17) is 17.3 Å². The number of carbonyl (C=O) groups is 1. The minimum absolute atomic E-state index is 0.379. The highest BCUT2D eigenvalue weighted by Crippen LogP contribution is 2.31. The number of primary amides is 1. The standard InChI is InChI=1S/C24H19ClN4O/c1-15-10-11-19(23(26)30)13-21(15)28-24-27-14-20(25)22(29-24)18-9-5-8-17(12-18)16-6-3-2-4-7-16/h2-14H,1H3,(H2,26,30)(H,27,28,29). The molecule has 0 aliphatic carbocycles. The fourth-order valence-electron chi connectivity index (χ4n) is 3.14. The number of hydrogen-bond donors (Lipinski definition) is 2. The van der Waals surface area contributed by atoms with Gasteiger partial charge in [0.1, 0.15) is 0 Å². The molecule has 0 aliphatic rings. The number of carbonyl (C=O) groups excluding carboxylic acids is 1. The lowest BCUT2D eigenvalue weighted by Crippen LogP contribution is -2.11. The smallest absolute Gasteiger partial charge is 0.248 e. The largest absolute Gasteiger partial charge is 0.366 e. The van der Waals surface area contributed by atoms with Crippen LogP contribution in [0.2, 0.25) is 5.02 Å². The molecule has 0 unspecified atom stereocenters. The molecule has 0 radical (unpaired) electrons. The lowest BCUT2D eigenvalue weighted by molar-refractivity contribution is 0.100. The average molecular weight is 415 g/mol. The summed E-state index contributed by atoms with van der Waals surface area (Å²) in [5.41, 5.74) is 11.1. The van der Waals surface area contributed by atoms with Gasteiger partial charge in [0.05, 0.1) is 16.9 Å². The fraction of sp³-hybridized carbons (Fsp3) is 0.0417. The lowest BCUT2D eigenvalue weighted by Gasteiger charge is -2.12. The third-order valence-corrected chi connectivity index (χ3v) is 5.03. The number of nitrogens with two attached hydrogens (primary N) is 1. The van der Waals surface area contributed by atoms with Crippen molar-refractivity contribution in [3.63, 3.8) is 0 Å². The number of nitrogens with one attached hydrogen (secondary N) is 1. The molecular weight excluding hydrogens is 396 g/mol. The molecule has 1 heterocycles. The minimum Gasteiger partial charge on any atom is -0.366 e. The van der Waals surface area contributed by atoms with E-state index >= 15 is 0 Å². The molecule has 148 valence electrons. The zero-order valence-corrected chi connectivity index (χ0v) is 17.0. The van der Waals surface area contributed by atoms with Crippen LogP contribution in [0.25, 0.3) is 22.4 Å². The third kappa shape index (κ3) is 4.16. The highest BCUT2D eigenvalue weighted by atomic mass is 35.5. The monoisotopic (exact) mass is 414 g/mol. The summed E-state index contributed by atoms with van der Waals surface area (Å²) in [6.45, 7) is 1.92. The summed E-state index contributed by atoms with van der Waals surface area (Å²) in [6.07, 6.45) is 1.56. The topological polar surface area (TPSA) is 80.9 Å². The van der Waals surface area contributed by atoms with Crippen molar-refractivity contribution >= 4 is 29.1 Å². The lowest BCUT2D eigenvalue weighted by atomic mass is 10.0. The second-order valence-electron chi connectivity index (χ2n) is 6.86. The van der Waals surface area contributed by atoms with Crippen LogP contribution in [0.5, 0.6) is 0 Å². The van der Waals surface area contributed by atoms with Gasteiger partial charge in [0, 0.05) is 16.8 Å². The summed E-state index contributed by atoms with van der Waals surface area (Å²) in [4.78, 5) is 20.4. The Morgan fingerprint density at radius 3 is 2.43 bits per heavy atom. The van der Waals surface area contributed by atoms with Gasteiger partial charge < -0.3 is 11.1 Å². The highest BCUT2D eigenvalue weighted by molar-refractivity contribution is 6.32. The van der Waals surface area contributed by atoms with Gasteiger partial charge in [-0.25, -0.2) is 9.97 Å². The average Bonchev–Trinajstić information content (AvgIpc) is 2.77. The van der Waals surface area contributed by atoms with E-state index in [9.17, 15) is 4.79 Å². The molecule has 0 fully saturated rings. The Bertz CT molecular complexity index is 1230. The molecule has 0 aliphatic heterocycles. The molecule has 30 heavy (non-hydrogen) atoms. The number of rotatable bonds is 5. The number of halogens is 1. The van der Waals surface area contributed by atoms with Gasteiger partial charge in [-0.1, -0.05) is 66.2 Å². The molecule has 0 bridgehead atoms. The molecule has 0 saturated heterocycles. The molecule has 0 atom stereocenters. The van der Waals surface area contributed by atoms with Gasteiger partial charge in [-0.3, -0.25) is 4.79 Å². The molecule has 1 aromatic heterocycles. The van der Waals surface area contributed by atoms with Crippen molar-refractivity contribution in [1.29, 1.82) is 0 Å². The maximum Gasteiger partial charge on any atom is 0.248 e. The van der Waals surface area contributed by atoms with Gasteiger partial charge >= 0.3 is 0 Å². The van der Waals surface area contributed by atoms with E-state index in [1.54, 1.807) is 18.3 Å². The van der Waals surface area contributed by atoms with E-state index < -0.39 is 5.91 Å². The summed E-state index contributed by atoms with van der Waals surface area (Å²) in [5.74, 6) is -0.113. The highest BCUT2D eigenvalue weighted by Gasteiger charge is 2.11. The summed E-state index contributed by atoms with van der Waals surface area (Å²) in [6, 6.07) is 23.3. The Kier molecular flexibility index (Phi) is 5.46. The van der Waals surface area contributed by atoms with E-state index in [1.165, 1.54) is 0 Å². The van der Waals surface area contributed by atoms with E-state index in [-0.39, 0.29) is 0 Å². The Morgan fingerprint density at radius 2 is 1.67 bits per heavy atom. The quantitative estimate of drug-likeness (QED) is 0.444. The van der Waals surface area contributed by atoms with Crippen LogP contribution in [-0.2, 0) is 0 Å². The summed E-state index contributed by atoms with van der Waals surface area (Å²) < 4.78 is 0. The second kappa shape index (κ2) is 8.35. The maximum atomic E-state index is 11.5. The first-order chi connectivity index (χ1) is 14.5. The van der Waals surface area contributed by atoms with Crippen molar-refractivity contribution < 1.29 is 4.79 Å². The van der Waals surface area contributed by atoms with Gasteiger partial charge in [-0.05, 0) is 41.8 Å². The van der Waals surface area contributed by atoms with Gasteiger partial charge in [-0.2, -0.15) is 0 Å². The van der Waals surface area contributed by atoms with Crippen LogP contribution in [0.4, 0.5) is 11.6 Å². The fourth-order valence-corrected chi connectivity index (χ4v) is 3.34. The van der Waals surface area contributed by atoms with Crippen molar-refractivity contribution in [1.82, 2.24) is 9.97 Å². The summed E-state index contributed by atoms with van der Waals surface area (Å²) in [5, 5.41) is 3.61. The summed E-state index contributed by atoms with van der Waals surface area (Å²) >= 11 is 6.42. The zero-order chi connectivity index (χ0) is 21.1. The zero-order valence-electron chi connectivity index (χ0n) is 16.3. The number of aryl methyl sites for hydroxylation is 1. The first-order valence-corrected chi connectivity index (χ1v) is 9.75. The van der Waals surface area contributed by atoms with Crippen molar-refractivity contribution in [3.8, 4) is 22.4 Å². The first-order valence-electron chi connectivity index (χ1n) is 9.37. The molecule has 3 aromatic carbocycles. The van der Waals surface area contributed by atoms with Gasteiger partial charge in [0.15, 0.2) is 0 Å². The number of nitrogens with zero attached hydrogens (tertiary/aromatic N) is 2. The van der Waals surface area contributed by atoms with E-state index in [0.29, 0.717) is 27.9 Å². The molecule has 0 saturated carbocycles. The first kappa shape index (κ1) is 19.6. The molecule has 3 N–H and O–H groups in total. The molecule has 4 aromatic rings. The molecule has 6 heteroatoms. The van der Waals surface area contributed by atoms with Crippen molar-refractivity contribution in [2.24, 2.45) is 5.73 Å². The van der Waals surface area contributed by atoms with E-state index in [0.717, 1.165) is 22.3 Å². The predicted molar refractivity (Wildman–Crippen MR) is 121 cm³/mol. The Hall–Kier alpha value is -3.70. The van der Waals surface area contributed by atoms with E-state index in [1.807, 2.05) is 55.5 Å². The minimum atomic E-state index is -0.492. The van der Waals surface area contributed by atoms with Crippen LogP contribution in [0.1, 0.15) is 15.9 Å². The second-order valence-corrected chi connectivity index (χ2v) is 7.26. The van der Waals surface area contributed by atoms with Crippen LogP contribution in [-0.4, -0.2) is 15.9 Å². The van der Waals surface area contributed by atoms with Crippen molar-refractivity contribution in [2.75, 3.05) is 5.32 Å². The van der Waals surface area contributed by atoms with Crippen LogP contribution in [0.15, 0.2) is 79.0 Å². The van der Waals surface area contributed by atoms with Crippen LogP contribution < -0.4 is 11.1 Å². The van der Waals surface area contributed by atoms with Gasteiger partial charge in [0.25, 0.3) is 0 Å². The van der Waals surface area contributed by atoms with Crippen molar-refractivity contribution in [2.45, 2.75) is 6.92 Å². The maximum absolute atomic E-state index is 11.5. The summed E-state index contributed by atoms with van der Waals surface area (Å²) in [7, 11) is 0. The number of anilines is 2. The third-order valence-electron chi connectivity index (χ3n) is 4.76. The van der Waals surface area contributed by atoms with Gasteiger partial charge in [0.2, 0.25) is 11.9 Å². The molecule has 0 spiro atoms. The molecule has 5 nitrogen and oxygen atoms in total. The Labute approximate surface area is 179 Å². The van der Waals surface area contributed by atoms with E-state index in [2.05, 4.69) is 27.4 Å². The van der Waals surface area contributed by atoms with Crippen LogP contribution >= 0.6 is 11.6 Å². The predicted octanol–water partition coefficient (Wildman–Crippen LogP) is 5.61. The van der Waals surface area contributed by atoms with Crippen LogP contribution in [0.3, 0.4) is 0 Å². The normalized spacial score (nSPS) is 10.6. The van der Waals surface area contributed by atoms with Crippen LogP contribution in [0, 0.1) is 6.92 Å². The Balaban J connectivity index is 1.70. The molecule has 4 rings (SSSR count). The molecular formula is C24H19ClN4O.